The summed E-state index contributed by atoms with van der Waals surface area (Å²) in [6.45, 7) is 0. The normalized spacial score (nSPS) is 11.1. The molecular formula is C10H15BrO3. The number of halogens is 1. The summed E-state index contributed by atoms with van der Waals surface area (Å²) in [6.07, 6.45) is 5.96. The SMILES string of the molecule is COC(=O)/C(=C/CCCCC=O)CBr. The van der Waals surface area contributed by atoms with Gasteiger partial charge >= 0.3 is 5.97 Å². The van der Waals surface area contributed by atoms with Gasteiger partial charge in [0.1, 0.15) is 6.29 Å². The topological polar surface area (TPSA) is 43.4 Å². The molecule has 0 aliphatic heterocycles. The van der Waals surface area contributed by atoms with Crippen molar-refractivity contribution < 1.29 is 14.3 Å². The molecule has 80 valence electrons. The minimum absolute atomic E-state index is 0.294. The molecule has 0 aromatic rings. The Bertz CT molecular complexity index is 211. The zero-order valence-electron chi connectivity index (χ0n) is 8.29. The predicted octanol–water partition coefficient (Wildman–Crippen LogP) is 2.24. The second-order valence-corrected chi connectivity index (χ2v) is 3.37. The molecule has 0 fully saturated rings. The number of unbranched alkanes of at least 4 members (excludes halogenated alkanes) is 3. The van der Waals surface area contributed by atoms with Crippen LogP contribution in [0.25, 0.3) is 0 Å². The lowest BCUT2D eigenvalue weighted by molar-refractivity contribution is -0.136. The molecule has 0 unspecified atom stereocenters. The van der Waals surface area contributed by atoms with Crippen molar-refractivity contribution in [2.45, 2.75) is 25.7 Å². The standard InChI is InChI=1S/C10H15BrO3/c1-14-10(13)9(8-11)6-4-2-3-5-7-12/h6-7H,2-5,8H2,1H3/b9-6+. The van der Waals surface area contributed by atoms with Gasteiger partial charge in [-0.25, -0.2) is 4.79 Å². The van der Waals surface area contributed by atoms with E-state index in [9.17, 15) is 9.59 Å². The third kappa shape index (κ3) is 5.91. The zero-order valence-corrected chi connectivity index (χ0v) is 9.88. The van der Waals surface area contributed by atoms with Crippen LogP contribution < -0.4 is 0 Å². The number of carbonyl (C=O) groups excluding carboxylic acids is 2. The maximum Gasteiger partial charge on any atom is 0.334 e. The minimum Gasteiger partial charge on any atom is -0.466 e. The van der Waals surface area contributed by atoms with Crippen LogP contribution in [0.1, 0.15) is 25.7 Å². The molecule has 0 radical (unpaired) electrons. The second-order valence-electron chi connectivity index (χ2n) is 2.81. The highest BCUT2D eigenvalue weighted by atomic mass is 79.9. The third-order valence-corrected chi connectivity index (χ3v) is 2.36. The number of ether oxygens (including phenoxy) is 1. The van der Waals surface area contributed by atoms with E-state index < -0.39 is 0 Å². The number of methoxy groups -OCH3 is 1. The van der Waals surface area contributed by atoms with E-state index >= 15 is 0 Å². The molecule has 0 aromatic heterocycles. The van der Waals surface area contributed by atoms with E-state index in [-0.39, 0.29) is 5.97 Å². The zero-order chi connectivity index (χ0) is 10.8. The highest BCUT2D eigenvalue weighted by Gasteiger charge is 2.06. The van der Waals surface area contributed by atoms with Gasteiger partial charge in [-0.3, -0.25) is 0 Å². The summed E-state index contributed by atoms with van der Waals surface area (Å²) in [6, 6.07) is 0. The van der Waals surface area contributed by atoms with E-state index in [2.05, 4.69) is 20.7 Å². The first-order chi connectivity index (χ1) is 6.76. The van der Waals surface area contributed by atoms with Gasteiger partial charge in [-0.1, -0.05) is 22.0 Å². The molecule has 0 saturated carbocycles. The van der Waals surface area contributed by atoms with Gasteiger partial charge in [-0.2, -0.15) is 0 Å². The van der Waals surface area contributed by atoms with Gasteiger partial charge < -0.3 is 9.53 Å². The van der Waals surface area contributed by atoms with Crippen LogP contribution in [0.15, 0.2) is 11.6 Å². The first-order valence-electron chi connectivity index (χ1n) is 4.53. The Kier molecular flexibility index (Phi) is 8.53. The van der Waals surface area contributed by atoms with Gasteiger partial charge in [0.25, 0.3) is 0 Å². The molecule has 0 spiro atoms. The van der Waals surface area contributed by atoms with E-state index in [1.54, 1.807) is 0 Å². The molecule has 0 heterocycles. The lowest BCUT2D eigenvalue weighted by Crippen LogP contribution is -2.05. The largest absolute Gasteiger partial charge is 0.466 e. The van der Waals surface area contributed by atoms with Crippen LogP contribution >= 0.6 is 15.9 Å². The van der Waals surface area contributed by atoms with Crippen LogP contribution in [0.5, 0.6) is 0 Å². The number of rotatable bonds is 7. The molecule has 0 bridgehead atoms. The van der Waals surface area contributed by atoms with Crippen molar-refractivity contribution in [2.24, 2.45) is 0 Å². The first-order valence-corrected chi connectivity index (χ1v) is 5.65. The van der Waals surface area contributed by atoms with Crippen molar-refractivity contribution in [1.82, 2.24) is 0 Å². The molecule has 3 nitrogen and oxygen atoms in total. The lowest BCUT2D eigenvalue weighted by Gasteiger charge is -2.00. The van der Waals surface area contributed by atoms with Gasteiger partial charge in [0, 0.05) is 17.3 Å². The average molecular weight is 263 g/mol. The van der Waals surface area contributed by atoms with Crippen LogP contribution in [0.3, 0.4) is 0 Å². The Balaban J connectivity index is 3.81. The maximum atomic E-state index is 11.1. The van der Waals surface area contributed by atoms with Crippen LogP contribution in [0, 0.1) is 0 Å². The van der Waals surface area contributed by atoms with E-state index in [1.165, 1.54) is 7.11 Å². The number of hydrogen-bond donors (Lipinski definition) is 0. The molecule has 0 aromatic carbocycles. The third-order valence-electron chi connectivity index (χ3n) is 1.76. The van der Waals surface area contributed by atoms with Crippen molar-refractivity contribution in [3.05, 3.63) is 11.6 Å². The van der Waals surface area contributed by atoms with E-state index in [0.29, 0.717) is 17.3 Å². The number of esters is 1. The van der Waals surface area contributed by atoms with E-state index in [1.807, 2.05) is 6.08 Å². The average Bonchev–Trinajstić information content (AvgIpc) is 2.22. The van der Waals surface area contributed by atoms with Crippen molar-refractivity contribution >= 4 is 28.2 Å². The molecule has 0 N–H and O–H groups in total. The molecule has 14 heavy (non-hydrogen) atoms. The summed E-state index contributed by atoms with van der Waals surface area (Å²) in [7, 11) is 1.37. The van der Waals surface area contributed by atoms with Crippen LogP contribution in [-0.4, -0.2) is 24.7 Å². The van der Waals surface area contributed by atoms with Gasteiger partial charge in [0.15, 0.2) is 0 Å². The Morgan fingerprint density at radius 1 is 1.36 bits per heavy atom. The summed E-state index contributed by atoms with van der Waals surface area (Å²) in [5, 5.41) is 0.507. The fourth-order valence-electron chi connectivity index (χ4n) is 0.972. The quantitative estimate of drug-likeness (QED) is 0.232. The van der Waals surface area contributed by atoms with Gasteiger partial charge in [-0.15, -0.1) is 0 Å². The highest BCUT2D eigenvalue weighted by molar-refractivity contribution is 9.09. The summed E-state index contributed by atoms with van der Waals surface area (Å²) < 4.78 is 4.59. The fourth-order valence-corrected chi connectivity index (χ4v) is 1.43. The second kappa shape index (κ2) is 8.94. The van der Waals surface area contributed by atoms with Crippen molar-refractivity contribution in [3.8, 4) is 0 Å². The highest BCUT2D eigenvalue weighted by Crippen LogP contribution is 2.07. The predicted molar refractivity (Wildman–Crippen MR) is 58.4 cm³/mol. The molecule has 0 rings (SSSR count). The first kappa shape index (κ1) is 13.4. The summed E-state index contributed by atoms with van der Waals surface area (Å²) in [5.41, 5.74) is 0.638. The number of allylic oxidation sites excluding steroid dienone is 1. The molecular weight excluding hydrogens is 248 g/mol. The monoisotopic (exact) mass is 262 g/mol. The Labute approximate surface area is 92.6 Å². The van der Waals surface area contributed by atoms with Crippen LogP contribution in [0.2, 0.25) is 0 Å². The van der Waals surface area contributed by atoms with Crippen molar-refractivity contribution in [1.29, 1.82) is 0 Å². The Hall–Kier alpha value is -0.640. The Morgan fingerprint density at radius 2 is 2.00 bits per heavy atom. The number of aldehydes is 1. The summed E-state index contributed by atoms with van der Waals surface area (Å²) in [4.78, 5) is 21.1. The number of alkyl halides is 1. The summed E-state index contributed by atoms with van der Waals surface area (Å²) >= 11 is 3.21. The minimum atomic E-state index is -0.294. The molecule has 0 saturated heterocycles. The van der Waals surface area contributed by atoms with E-state index in [0.717, 1.165) is 25.5 Å². The van der Waals surface area contributed by atoms with E-state index in [4.69, 9.17) is 0 Å². The van der Waals surface area contributed by atoms with Crippen molar-refractivity contribution in [2.75, 3.05) is 12.4 Å². The Morgan fingerprint density at radius 3 is 2.50 bits per heavy atom. The number of carbonyl (C=O) groups is 2. The van der Waals surface area contributed by atoms with Crippen LogP contribution in [-0.2, 0) is 14.3 Å². The fraction of sp³-hybridized carbons (Fsp3) is 0.600. The molecule has 0 aliphatic carbocycles. The van der Waals surface area contributed by atoms with Gasteiger partial charge in [-0.05, 0) is 19.3 Å². The molecule has 4 heteroatoms. The van der Waals surface area contributed by atoms with Crippen molar-refractivity contribution in [3.63, 3.8) is 0 Å². The van der Waals surface area contributed by atoms with Crippen LogP contribution in [0.4, 0.5) is 0 Å². The molecule has 0 amide bonds. The maximum absolute atomic E-state index is 11.1. The molecule has 0 atom stereocenters. The molecule has 0 aliphatic rings. The summed E-state index contributed by atoms with van der Waals surface area (Å²) in [5.74, 6) is -0.294. The lowest BCUT2D eigenvalue weighted by atomic mass is 10.1. The van der Waals surface area contributed by atoms with Gasteiger partial charge in [0.05, 0.1) is 7.11 Å². The van der Waals surface area contributed by atoms with Gasteiger partial charge in [0.2, 0.25) is 0 Å². The number of hydrogen-bond acceptors (Lipinski definition) is 3. The smallest absolute Gasteiger partial charge is 0.334 e.